The Kier molecular flexibility index (Phi) is 4.90. The summed E-state index contributed by atoms with van der Waals surface area (Å²) in [7, 11) is -0.703. The van der Waals surface area contributed by atoms with Crippen LogP contribution >= 0.6 is 0 Å². The fourth-order valence-electron chi connectivity index (χ4n) is 4.83. The maximum absolute atomic E-state index is 13.0. The van der Waals surface area contributed by atoms with Gasteiger partial charge in [-0.2, -0.15) is 0 Å². The van der Waals surface area contributed by atoms with Gasteiger partial charge < -0.3 is 26.0 Å². The molecule has 2 saturated carbocycles. The number of primary amides is 1. The second-order valence-electron chi connectivity index (χ2n) is 8.72. The number of nitrogens with zero attached hydrogens (tertiary/aromatic N) is 1. The molecule has 0 bridgehead atoms. The van der Waals surface area contributed by atoms with E-state index in [2.05, 4.69) is 19.2 Å². The number of piperidine rings is 1. The molecule has 2 amide bonds. The molecule has 1 heterocycles. The van der Waals surface area contributed by atoms with Crippen LogP contribution in [0.4, 0.5) is 0 Å². The molecule has 0 radical (unpaired) electrons. The van der Waals surface area contributed by atoms with Crippen LogP contribution in [0.5, 0.6) is 0 Å². The highest BCUT2D eigenvalue weighted by molar-refractivity contribution is 6.46. The predicted molar refractivity (Wildman–Crippen MR) is 94.2 cm³/mol. The van der Waals surface area contributed by atoms with Crippen molar-refractivity contribution in [2.24, 2.45) is 28.9 Å². The van der Waals surface area contributed by atoms with E-state index in [9.17, 15) is 19.7 Å². The average molecular weight is 351 g/mol. The number of hydrogen-bond acceptors (Lipinski definition) is 5. The highest BCUT2D eigenvalue weighted by Crippen LogP contribution is 2.64. The molecule has 5 N–H and O–H groups in total. The first-order valence-corrected chi connectivity index (χ1v) is 9.36. The quantitative estimate of drug-likeness (QED) is 0.465. The van der Waals surface area contributed by atoms with E-state index in [1.807, 2.05) is 4.81 Å². The van der Waals surface area contributed by atoms with Crippen molar-refractivity contribution in [3.8, 4) is 0 Å². The third kappa shape index (κ3) is 3.31. The number of hydrogen-bond donors (Lipinski definition) is 4. The molecule has 3 aliphatic rings. The minimum atomic E-state index is -1.38. The molecule has 0 aromatic heterocycles. The molecule has 8 heteroatoms. The van der Waals surface area contributed by atoms with Crippen molar-refractivity contribution < 1.29 is 19.7 Å². The van der Waals surface area contributed by atoms with Crippen LogP contribution in [0.1, 0.15) is 39.5 Å². The van der Waals surface area contributed by atoms with E-state index in [1.54, 1.807) is 6.82 Å². The summed E-state index contributed by atoms with van der Waals surface area (Å²) in [6, 6.07) is -1.09. The van der Waals surface area contributed by atoms with Gasteiger partial charge in [0.15, 0.2) is 6.10 Å². The van der Waals surface area contributed by atoms with Crippen molar-refractivity contribution in [1.82, 2.24) is 10.1 Å². The highest BCUT2D eigenvalue weighted by Gasteiger charge is 2.69. The van der Waals surface area contributed by atoms with E-state index < -0.39 is 31.1 Å². The summed E-state index contributed by atoms with van der Waals surface area (Å²) >= 11 is 0. The van der Waals surface area contributed by atoms with Gasteiger partial charge in [0.2, 0.25) is 11.8 Å². The summed E-state index contributed by atoms with van der Waals surface area (Å²) in [6.07, 6.45) is 2.44. The van der Waals surface area contributed by atoms with Crippen molar-refractivity contribution in [2.75, 3.05) is 6.54 Å². The zero-order valence-electron chi connectivity index (χ0n) is 15.3. The van der Waals surface area contributed by atoms with E-state index in [1.165, 1.54) is 0 Å². The van der Waals surface area contributed by atoms with Crippen molar-refractivity contribution in [2.45, 2.75) is 64.5 Å². The van der Waals surface area contributed by atoms with E-state index in [-0.39, 0.29) is 17.2 Å². The summed E-state index contributed by atoms with van der Waals surface area (Å²) in [5.74, 6) is -0.0290. The zero-order valence-corrected chi connectivity index (χ0v) is 15.3. The Morgan fingerprint density at radius 2 is 2.04 bits per heavy atom. The Balaban J connectivity index is 1.71. The number of carbonyl (C=O) groups excluding carboxylic acids is 2. The van der Waals surface area contributed by atoms with Crippen molar-refractivity contribution in [1.29, 1.82) is 0 Å². The summed E-state index contributed by atoms with van der Waals surface area (Å²) < 4.78 is 0. The summed E-state index contributed by atoms with van der Waals surface area (Å²) in [4.78, 5) is 26.2. The summed E-state index contributed by atoms with van der Waals surface area (Å²) in [5.41, 5.74) is 5.35. The van der Waals surface area contributed by atoms with Gasteiger partial charge in [-0.3, -0.25) is 9.59 Å². The van der Waals surface area contributed by atoms with Crippen LogP contribution < -0.4 is 11.1 Å². The number of nitrogens with one attached hydrogen (secondary N) is 1. The van der Waals surface area contributed by atoms with Gasteiger partial charge in [0.05, 0.1) is 12.1 Å². The minimum absolute atomic E-state index is 0.0825. The molecular formula is C17H30BN3O4. The third-order valence-electron chi connectivity index (χ3n) is 6.81. The molecule has 1 aliphatic heterocycles. The second kappa shape index (κ2) is 6.56. The maximum atomic E-state index is 13.0. The Labute approximate surface area is 149 Å². The van der Waals surface area contributed by atoms with E-state index in [0.29, 0.717) is 24.8 Å². The fourth-order valence-corrected chi connectivity index (χ4v) is 4.83. The van der Waals surface area contributed by atoms with Crippen molar-refractivity contribution in [3.05, 3.63) is 0 Å². The first-order valence-electron chi connectivity index (χ1n) is 9.36. The standard InChI is InChI=1S/C17H30BN3O4/c1-17(2)10-8-21(18(3)25)13(12(10)17)16(24)20-11(14(22)15(19)23)7-9-5-4-6-9/h9-14,22,25H,4-8H2,1-3H3,(H2,19,23)(H,20,24)/t10?,11?,12-,13-,14?/m0/s1. The monoisotopic (exact) mass is 351 g/mol. The minimum Gasteiger partial charge on any atom is -0.437 e. The van der Waals surface area contributed by atoms with Crippen LogP contribution in [0.25, 0.3) is 0 Å². The second-order valence-corrected chi connectivity index (χ2v) is 8.72. The van der Waals surface area contributed by atoms with Crippen LogP contribution in [-0.4, -0.2) is 58.5 Å². The number of amides is 2. The molecule has 5 atom stereocenters. The summed E-state index contributed by atoms with van der Waals surface area (Å²) in [5, 5.41) is 23.1. The van der Waals surface area contributed by atoms with Crippen molar-refractivity contribution in [3.63, 3.8) is 0 Å². The number of carbonyl (C=O) groups is 2. The number of nitrogens with two attached hydrogens (primary N) is 1. The molecule has 1 saturated heterocycles. The lowest BCUT2D eigenvalue weighted by atomic mass is 9.79. The zero-order chi connectivity index (χ0) is 18.5. The first kappa shape index (κ1) is 18.7. The molecule has 140 valence electrons. The lowest BCUT2D eigenvalue weighted by Gasteiger charge is -2.35. The van der Waals surface area contributed by atoms with Crippen LogP contribution in [0, 0.1) is 23.2 Å². The van der Waals surface area contributed by atoms with Crippen LogP contribution in [0.3, 0.4) is 0 Å². The first-order chi connectivity index (χ1) is 11.6. The topological polar surface area (TPSA) is 116 Å². The number of aliphatic hydroxyl groups excluding tert-OH is 1. The third-order valence-corrected chi connectivity index (χ3v) is 6.81. The van der Waals surface area contributed by atoms with Gasteiger partial charge >= 0.3 is 7.05 Å². The normalized spacial score (nSPS) is 33.1. The molecule has 7 nitrogen and oxygen atoms in total. The van der Waals surface area contributed by atoms with E-state index in [0.717, 1.165) is 19.3 Å². The number of rotatable bonds is 7. The highest BCUT2D eigenvalue weighted by atomic mass is 16.3. The smallest absolute Gasteiger partial charge is 0.377 e. The van der Waals surface area contributed by atoms with Crippen LogP contribution in [-0.2, 0) is 9.59 Å². The molecule has 3 unspecified atom stereocenters. The van der Waals surface area contributed by atoms with Gasteiger partial charge in [-0.25, -0.2) is 0 Å². The van der Waals surface area contributed by atoms with Gasteiger partial charge in [0, 0.05) is 0 Å². The van der Waals surface area contributed by atoms with E-state index >= 15 is 0 Å². The summed E-state index contributed by atoms with van der Waals surface area (Å²) in [6.45, 7) is 6.65. The number of fused-ring (bicyclic) bond motifs is 1. The molecule has 3 rings (SSSR count). The average Bonchev–Trinajstić information content (AvgIpc) is 2.86. The van der Waals surface area contributed by atoms with Crippen molar-refractivity contribution >= 4 is 18.9 Å². The SMILES string of the molecule is CB(O)N1CC2[C@@H]([C@H]1C(=O)NC(CC1CCC1)C(O)C(N)=O)C2(C)C. The van der Waals surface area contributed by atoms with Gasteiger partial charge in [-0.1, -0.05) is 33.1 Å². The largest absolute Gasteiger partial charge is 0.437 e. The van der Waals surface area contributed by atoms with Gasteiger partial charge in [0.1, 0.15) is 0 Å². The molecular weight excluding hydrogens is 321 g/mol. The molecule has 0 aromatic carbocycles. The molecule has 0 aromatic rings. The van der Waals surface area contributed by atoms with Gasteiger partial charge in [0.25, 0.3) is 0 Å². The lowest BCUT2D eigenvalue weighted by molar-refractivity contribution is -0.131. The number of aliphatic hydroxyl groups is 1. The Hall–Kier alpha value is -1.12. The Bertz CT molecular complexity index is 550. The fraction of sp³-hybridized carbons (Fsp3) is 0.882. The van der Waals surface area contributed by atoms with Gasteiger partial charge in [-0.05, 0) is 43.0 Å². The molecule has 2 aliphatic carbocycles. The van der Waals surface area contributed by atoms with Gasteiger partial charge in [-0.15, -0.1) is 0 Å². The molecule has 25 heavy (non-hydrogen) atoms. The Morgan fingerprint density at radius 1 is 1.40 bits per heavy atom. The van der Waals surface area contributed by atoms with E-state index in [4.69, 9.17) is 5.73 Å². The van der Waals surface area contributed by atoms with Crippen LogP contribution in [0.15, 0.2) is 0 Å². The van der Waals surface area contributed by atoms with Crippen LogP contribution in [0.2, 0.25) is 6.82 Å². The predicted octanol–water partition coefficient (Wildman–Crippen LogP) is -0.426. The lowest BCUT2D eigenvalue weighted by Crippen LogP contribution is -2.57. The Morgan fingerprint density at radius 3 is 2.52 bits per heavy atom. The molecule has 3 fully saturated rings. The maximum Gasteiger partial charge on any atom is 0.377 e. The molecule has 0 spiro atoms.